The van der Waals surface area contributed by atoms with E-state index in [-0.39, 0.29) is 0 Å². The minimum Gasteiger partial charge on any atom is -0.313 e. The van der Waals surface area contributed by atoms with Gasteiger partial charge < -0.3 is 5.32 Å². The maximum Gasteiger partial charge on any atom is 0.0192 e. The van der Waals surface area contributed by atoms with Crippen molar-refractivity contribution in [3.8, 4) is 0 Å². The minimum atomic E-state index is 0.585. The third kappa shape index (κ3) is 5.89. The summed E-state index contributed by atoms with van der Waals surface area (Å²) in [6.07, 6.45) is 2.17. The number of hydrogen-bond acceptors (Lipinski definition) is 3. The number of rotatable bonds is 7. The van der Waals surface area contributed by atoms with Gasteiger partial charge in [0.05, 0.1) is 0 Å². The van der Waals surface area contributed by atoms with Crippen molar-refractivity contribution in [1.29, 1.82) is 0 Å². The van der Waals surface area contributed by atoms with Gasteiger partial charge in [-0.1, -0.05) is 13.8 Å². The Balaban J connectivity index is 3.79. The summed E-state index contributed by atoms with van der Waals surface area (Å²) in [4.78, 5) is 2.45. The van der Waals surface area contributed by atoms with Gasteiger partial charge in [-0.25, -0.2) is 0 Å². The first-order valence-corrected chi connectivity index (χ1v) is 6.82. The van der Waals surface area contributed by atoms with Crippen molar-refractivity contribution in [2.24, 2.45) is 0 Å². The fourth-order valence-corrected chi connectivity index (χ4v) is 2.06. The molecule has 14 heavy (non-hydrogen) atoms. The van der Waals surface area contributed by atoms with E-state index < -0.39 is 0 Å². The Kier molecular flexibility index (Phi) is 7.69. The van der Waals surface area contributed by atoms with Crippen LogP contribution in [-0.2, 0) is 0 Å². The Morgan fingerprint density at radius 3 is 2.14 bits per heavy atom. The zero-order valence-corrected chi connectivity index (χ0v) is 11.3. The average molecular weight is 218 g/mol. The maximum absolute atomic E-state index is 3.47. The molecule has 0 aromatic carbocycles. The van der Waals surface area contributed by atoms with Crippen LogP contribution < -0.4 is 5.32 Å². The van der Waals surface area contributed by atoms with Crippen molar-refractivity contribution in [3.63, 3.8) is 0 Å². The van der Waals surface area contributed by atoms with Crippen molar-refractivity contribution < 1.29 is 0 Å². The summed E-state index contributed by atoms with van der Waals surface area (Å²) in [5.74, 6) is 1.21. The monoisotopic (exact) mass is 218 g/mol. The number of nitrogens with one attached hydrogen (secondary N) is 1. The molecular formula is C11H26N2S. The van der Waals surface area contributed by atoms with Gasteiger partial charge in [-0.2, -0.15) is 11.8 Å². The van der Waals surface area contributed by atoms with Crippen LogP contribution in [0.1, 0.15) is 27.7 Å². The lowest BCUT2D eigenvalue weighted by Crippen LogP contribution is -2.44. The van der Waals surface area contributed by atoms with Crippen molar-refractivity contribution >= 4 is 11.8 Å². The van der Waals surface area contributed by atoms with E-state index in [1.807, 2.05) is 11.8 Å². The second-order valence-electron chi connectivity index (χ2n) is 4.38. The summed E-state index contributed by atoms with van der Waals surface area (Å²) in [5, 5.41) is 3.47. The number of hydrogen-bond donors (Lipinski definition) is 1. The second-order valence-corrected chi connectivity index (χ2v) is 5.29. The molecule has 0 fully saturated rings. The van der Waals surface area contributed by atoms with E-state index in [0.29, 0.717) is 18.1 Å². The highest BCUT2D eigenvalue weighted by molar-refractivity contribution is 7.98. The molecule has 0 aliphatic carbocycles. The standard InChI is InChI=1S/C11H26N2S/c1-9(2)12-7-10(3)13(5)11(4)8-14-6/h9-12H,7-8H2,1-6H3. The molecule has 2 unspecified atom stereocenters. The van der Waals surface area contributed by atoms with Crippen LogP contribution >= 0.6 is 11.8 Å². The quantitative estimate of drug-likeness (QED) is 0.704. The lowest BCUT2D eigenvalue weighted by Gasteiger charge is -2.31. The first-order valence-electron chi connectivity index (χ1n) is 5.43. The van der Waals surface area contributed by atoms with E-state index in [1.165, 1.54) is 5.75 Å². The van der Waals surface area contributed by atoms with Crippen LogP contribution in [0.2, 0.25) is 0 Å². The molecule has 0 rings (SSSR count). The van der Waals surface area contributed by atoms with E-state index in [0.717, 1.165) is 6.54 Å². The van der Waals surface area contributed by atoms with Gasteiger partial charge in [-0.05, 0) is 27.2 Å². The molecule has 0 amide bonds. The van der Waals surface area contributed by atoms with Gasteiger partial charge in [-0.3, -0.25) is 4.90 Å². The summed E-state index contributed by atoms with van der Waals surface area (Å²) in [7, 11) is 2.22. The summed E-state index contributed by atoms with van der Waals surface area (Å²) in [6.45, 7) is 10.0. The Hall–Kier alpha value is 0.270. The normalized spacial score (nSPS) is 16.3. The Bertz CT molecular complexity index is 139. The Morgan fingerprint density at radius 1 is 1.14 bits per heavy atom. The van der Waals surface area contributed by atoms with Gasteiger partial charge in [0.2, 0.25) is 0 Å². The molecule has 0 aromatic heterocycles. The fourth-order valence-electron chi connectivity index (χ4n) is 1.34. The molecule has 0 spiro atoms. The molecule has 86 valence electrons. The molecule has 0 saturated heterocycles. The van der Waals surface area contributed by atoms with Crippen molar-refractivity contribution in [1.82, 2.24) is 10.2 Å². The van der Waals surface area contributed by atoms with Gasteiger partial charge in [0.15, 0.2) is 0 Å². The first-order chi connectivity index (χ1) is 6.49. The van der Waals surface area contributed by atoms with E-state index in [2.05, 4.69) is 51.2 Å². The average Bonchev–Trinajstić information content (AvgIpc) is 2.13. The molecule has 0 aliphatic heterocycles. The molecule has 1 N–H and O–H groups in total. The predicted octanol–water partition coefficient (Wildman–Crippen LogP) is 2.06. The highest BCUT2D eigenvalue weighted by Crippen LogP contribution is 2.07. The third-order valence-corrected chi connectivity index (χ3v) is 3.44. The smallest absolute Gasteiger partial charge is 0.0192 e. The summed E-state index contributed by atoms with van der Waals surface area (Å²) < 4.78 is 0. The third-order valence-electron chi connectivity index (χ3n) is 2.62. The lowest BCUT2D eigenvalue weighted by atomic mass is 10.2. The molecule has 3 heteroatoms. The molecule has 2 atom stereocenters. The molecule has 0 radical (unpaired) electrons. The Morgan fingerprint density at radius 2 is 1.71 bits per heavy atom. The van der Waals surface area contributed by atoms with Crippen LogP contribution in [0, 0.1) is 0 Å². The second kappa shape index (κ2) is 7.55. The van der Waals surface area contributed by atoms with E-state index >= 15 is 0 Å². The SMILES string of the molecule is CSCC(C)N(C)C(C)CNC(C)C. The summed E-state index contributed by atoms with van der Waals surface area (Å²) in [5.41, 5.74) is 0. The zero-order valence-electron chi connectivity index (χ0n) is 10.5. The van der Waals surface area contributed by atoms with E-state index in [9.17, 15) is 0 Å². The van der Waals surface area contributed by atoms with Crippen LogP contribution in [0.15, 0.2) is 0 Å². The summed E-state index contributed by atoms with van der Waals surface area (Å²) >= 11 is 1.92. The number of thioether (sulfide) groups is 1. The molecule has 0 saturated carbocycles. The van der Waals surface area contributed by atoms with Gasteiger partial charge in [0.25, 0.3) is 0 Å². The zero-order chi connectivity index (χ0) is 11.1. The topological polar surface area (TPSA) is 15.3 Å². The lowest BCUT2D eigenvalue weighted by molar-refractivity contribution is 0.204. The molecule has 0 bridgehead atoms. The molecule has 2 nitrogen and oxygen atoms in total. The van der Waals surface area contributed by atoms with Gasteiger partial charge in [0, 0.05) is 30.4 Å². The fraction of sp³-hybridized carbons (Fsp3) is 1.00. The molecule has 0 aliphatic rings. The number of nitrogens with zero attached hydrogens (tertiary/aromatic N) is 1. The van der Waals surface area contributed by atoms with Crippen LogP contribution in [0.5, 0.6) is 0 Å². The maximum atomic E-state index is 3.47. The van der Waals surface area contributed by atoms with Crippen molar-refractivity contribution in [2.45, 2.75) is 45.8 Å². The highest BCUT2D eigenvalue weighted by Gasteiger charge is 2.14. The minimum absolute atomic E-state index is 0.585. The van der Waals surface area contributed by atoms with Crippen LogP contribution in [0.3, 0.4) is 0 Å². The van der Waals surface area contributed by atoms with Crippen LogP contribution in [0.25, 0.3) is 0 Å². The van der Waals surface area contributed by atoms with E-state index in [4.69, 9.17) is 0 Å². The summed E-state index contributed by atoms with van der Waals surface area (Å²) in [6, 6.07) is 1.86. The van der Waals surface area contributed by atoms with Crippen LogP contribution in [0.4, 0.5) is 0 Å². The Labute approximate surface area is 93.8 Å². The van der Waals surface area contributed by atoms with Gasteiger partial charge in [0.1, 0.15) is 0 Å². The van der Waals surface area contributed by atoms with Gasteiger partial charge >= 0.3 is 0 Å². The van der Waals surface area contributed by atoms with Crippen molar-refractivity contribution in [2.75, 3.05) is 25.6 Å². The van der Waals surface area contributed by atoms with Crippen LogP contribution in [-0.4, -0.2) is 48.6 Å². The largest absolute Gasteiger partial charge is 0.313 e. The predicted molar refractivity (Wildman–Crippen MR) is 68.2 cm³/mol. The highest BCUT2D eigenvalue weighted by atomic mass is 32.2. The first kappa shape index (κ1) is 14.3. The molecule has 0 aromatic rings. The number of likely N-dealkylation sites (N-methyl/N-ethyl adjacent to an activating group) is 1. The van der Waals surface area contributed by atoms with Gasteiger partial charge in [-0.15, -0.1) is 0 Å². The van der Waals surface area contributed by atoms with E-state index in [1.54, 1.807) is 0 Å². The molecular weight excluding hydrogens is 192 g/mol. The van der Waals surface area contributed by atoms with Crippen molar-refractivity contribution in [3.05, 3.63) is 0 Å². The molecule has 0 heterocycles.